The SMILES string of the molecule is CC(=O)NC1=CC2C3=CC4c5cc(O)c(NC(C)=O)cc5C4C=C3C2C=C1O. The number of benzene rings is 1. The summed E-state index contributed by atoms with van der Waals surface area (Å²) >= 11 is 0. The molecule has 4 atom stereocenters. The van der Waals surface area contributed by atoms with Crippen molar-refractivity contribution in [2.45, 2.75) is 25.7 Å². The van der Waals surface area contributed by atoms with Crippen LogP contribution in [0.1, 0.15) is 36.8 Å². The number of carbonyl (C=O) groups excluding carboxylic acids is 2. The normalized spacial score (nSPS) is 28.4. The first-order chi connectivity index (χ1) is 13.3. The zero-order valence-corrected chi connectivity index (χ0v) is 15.5. The van der Waals surface area contributed by atoms with Crippen LogP contribution in [0.4, 0.5) is 5.69 Å². The molecule has 2 amide bonds. The maximum absolute atomic E-state index is 11.3. The van der Waals surface area contributed by atoms with Gasteiger partial charge in [-0.25, -0.2) is 0 Å². The lowest BCUT2D eigenvalue weighted by molar-refractivity contribution is -0.118. The summed E-state index contributed by atoms with van der Waals surface area (Å²) in [4.78, 5) is 22.7. The molecule has 142 valence electrons. The van der Waals surface area contributed by atoms with Crippen molar-refractivity contribution in [3.05, 3.63) is 70.2 Å². The van der Waals surface area contributed by atoms with Gasteiger partial charge in [0.1, 0.15) is 11.5 Å². The number of hydrogen-bond donors (Lipinski definition) is 4. The molecule has 4 aliphatic carbocycles. The Morgan fingerprint density at radius 3 is 1.96 bits per heavy atom. The molecule has 0 aliphatic heterocycles. The Labute approximate surface area is 161 Å². The number of hydrogen-bond acceptors (Lipinski definition) is 4. The minimum absolute atomic E-state index is 0.0745. The van der Waals surface area contributed by atoms with Gasteiger partial charge >= 0.3 is 0 Å². The highest BCUT2D eigenvalue weighted by molar-refractivity contribution is 5.91. The van der Waals surface area contributed by atoms with Gasteiger partial charge in [0.05, 0.1) is 11.4 Å². The Balaban J connectivity index is 1.49. The van der Waals surface area contributed by atoms with E-state index in [1.54, 1.807) is 12.1 Å². The number of fused-ring (bicyclic) bond motifs is 8. The molecule has 4 aliphatic rings. The van der Waals surface area contributed by atoms with Gasteiger partial charge in [-0.1, -0.05) is 12.2 Å². The van der Waals surface area contributed by atoms with Crippen molar-refractivity contribution in [3.8, 4) is 5.75 Å². The summed E-state index contributed by atoms with van der Waals surface area (Å²) in [6.07, 6.45) is 8.19. The van der Waals surface area contributed by atoms with Gasteiger partial charge in [-0.15, -0.1) is 0 Å². The predicted molar refractivity (Wildman–Crippen MR) is 104 cm³/mol. The zero-order chi connectivity index (χ0) is 19.7. The van der Waals surface area contributed by atoms with Crippen molar-refractivity contribution < 1.29 is 19.8 Å². The molecule has 1 fully saturated rings. The first-order valence-corrected chi connectivity index (χ1v) is 9.32. The maximum atomic E-state index is 11.3. The summed E-state index contributed by atoms with van der Waals surface area (Å²) in [6, 6.07) is 3.58. The van der Waals surface area contributed by atoms with Crippen LogP contribution in [0, 0.1) is 11.8 Å². The highest BCUT2D eigenvalue weighted by Crippen LogP contribution is 2.61. The minimum atomic E-state index is -0.221. The molecule has 4 unspecified atom stereocenters. The van der Waals surface area contributed by atoms with Gasteiger partial charge in [-0.3, -0.25) is 9.59 Å². The molecule has 0 heterocycles. The zero-order valence-electron chi connectivity index (χ0n) is 15.5. The molecule has 5 rings (SSSR count). The second-order valence-corrected chi connectivity index (χ2v) is 7.84. The smallest absolute Gasteiger partial charge is 0.221 e. The summed E-state index contributed by atoms with van der Waals surface area (Å²) in [5.74, 6) is 0.401. The second-order valence-electron chi connectivity index (χ2n) is 7.84. The fourth-order valence-corrected chi connectivity index (χ4v) is 4.85. The Kier molecular flexibility index (Phi) is 3.38. The van der Waals surface area contributed by atoms with Crippen molar-refractivity contribution >= 4 is 17.5 Å². The molecule has 0 saturated heterocycles. The van der Waals surface area contributed by atoms with Crippen LogP contribution in [0.25, 0.3) is 0 Å². The van der Waals surface area contributed by atoms with Crippen LogP contribution in [-0.2, 0) is 9.59 Å². The number of phenolic OH excluding ortho intramolecular Hbond substituents is 1. The molecule has 0 spiro atoms. The topological polar surface area (TPSA) is 98.7 Å². The van der Waals surface area contributed by atoms with Crippen LogP contribution in [0.2, 0.25) is 0 Å². The molecule has 28 heavy (non-hydrogen) atoms. The average molecular weight is 376 g/mol. The third kappa shape index (κ3) is 2.27. The monoisotopic (exact) mass is 376 g/mol. The quantitative estimate of drug-likeness (QED) is 0.596. The lowest BCUT2D eigenvalue weighted by Gasteiger charge is -2.49. The van der Waals surface area contributed by atoms with Crippen LogP contribution < -0.4 is 10.6 Å². The number of rotatable bonds is 2. The molecule has 6 heteroatoms. The van der Waals surface area contributed by atoms with Crippen molar-refractivity contribution in [1.29, 1.82) is 0 Å². The van der Waals surface area contributed by atoms with Crippen LogP contribution in [-0.4, -0.2) is 22.0 Å². The minimum Gasteiger partial charge on any atom is -0.506 e. The van der Waals surface area contributed by atoms with E-state index < -0.39 is 0 Å². The number of aliphatic hydroxyl groups excluding tert-OH is 1. The number of amides is 2. The third-order valence-electron chi connectivity index (χ3n) is 6.04. The lowest BCUT2D eigenvalue weighted by atomic mass is 9.54. The van der Waals surface area contributed by atoms with E-state index in [2.05, 4.69) is 22.8 Å². The summed E-state index contributed by atoms with van der Waals surface area (Å²) in [6.45, 7) is 2.84. The van der Waals surface area contributed by atoms with Gasteiger partial charge in [0, 0.05) is 37.5 Å². The molecule has 1 aromatic rings. The number of anilines is 1. The van der Waals surface area contributed by atoms with E-state index in [4.69, 9.17) is 0 Å². The standard InChI is InChI=1S/C22H20N2O4/c1-9(25)23-19-5-15-11-3-14-12(4-13(11)17(15)7-21(19)27)16-6-20(24-10(2)26)22(28)8-18(14)16/h3-8,11,13,16,18,27-28H,1-2H3,(H,23,25)(H,24,26). The molecule has 0 radical (unpaired) electrons. The van der Waals surface area contributed by atoms with Crippen molar-refractivity contribution in [2.24, 2.45) is 11.8 Å². The summed E-state index contributed by atoms with van der Waals surface area (Å²) in [5.41, 5.74) is 5.49. The number of allylic oxidation sites excluding steroid dienone is 6. The van der Waals surface area contributed by atoms with E-state index in [0.29, 0.717) is 11.4 Å². The van der Waals surface area contributed by atoms with Crippen LogP contribution in [0.15, 0.2) is 59.0 Å². The molecular formula is C22H20N2O4. The molecular weight excluding hydrogens is 356 g/mol. The summed E-state index contributed by atoms with van der Waals surface area (Å²) in [5, 5.41) is 25.8. The van der Waals surface area contributed by atoms with E-state index in [0.717, 1.165) is 11.1 Å². The maximum Gasteiger partial charge on any atom is 0.221 e. The van der Waals surface area contributed by atoms with Crippen LogP contribution in [0.3, 0.4) is 0 Å². The summed E-state index contributed by atoms with van der Waals surface area (Å²) in [7, 11) is 0. The number of phenols is 1. The fraction of sp³-hybridized carbons (Fsp3) is 0.273. The molecule has 1 aromatic carbocycles. The number of nitrogens with one attached hydrogen (secondary N) is 2. The van der Waals surface area contributed by atoms with Crippen molar-refractivity contribution in [3.63, 3.8) is 0 Å². The Bertz CT molecular complexity index is 1080. The van der Waals surface area contributed by atoms with Gasteiger partial charge < -0.3 is 20.8 Å². The van der Waals surface area contributed by atoms with Crippen molar-refractivity contribution in [2.75, 3.05) is 5.32 Å². The van der Waals surface area contributed by atoms with E-state index in [1.165, 1.54) is 25.0 Å². The van der Waals surface area contributed by atoms with Crippen molar-refractivity contribution in [1.82, 2.24) is 5.32 Å². The first kappa shape index (κ1) is 16.9. The predicted octanol–water partition coefficient (Wildman–Crippen LogP) is 3.12. The van der Waals surface area contributed by atoms with E-state index >= 15 is 0 Å². The molecule has 1 saturated carbocycles. The summed E-state index contributed by atoms with van der Waals surface area (Å²) < 4.78 is 0. The van der Waals surface area contributed by atoms with Gasteiger partial charge in [-0.2, -0.15) is 0 Å². The molecule has 0 bridgehead atoms. The van der Waals surface area contributed by atoms with Crippen LogP contribution >= 0.6 is 0 Å². The highest BCUT2D eigenvalue weighted by Gasteiger charge is 2.48. The fourth-order valence-electron chi connectivity index (χ4n) is 4.85. The number of carbonyl (C=O) groups is 2. The molecule has 4 N–H and O–H groups in total. The first-order valence-electron chi connectivity index (χ1n) is 9.32. The van der Waals surface area contributed by atoms with Gasteiger partial charge in [0.25, 0.3) is 0 Å². The Morgan fingerprint density at radius 2 is 1.36 bits per heavy atom. The number of aromatic hydroxyl groups is 1. The Hall–Kier alpha value is -3.28. The average Bonchev–Trinajstić information content (AvgIpc) is 2.61. The number of aliphatic hydroxyl groups is 1. The van der Waals surface area contributed by atoms with Gasteiger partial charge in [0.2, 0.25) is 11.8 Å². The lowest BCUT2D eigenvalue weighted by Crippen LogP contribution is -2.39. The van der Waals surface area contributed by atoms with Gasteiger partial charge in [0.15, 0.2) is 0 Å². The largest absolute Gasteiger partial charge is 0.506 e. The van der Waals surface area contributed by atoms with E-state index in [-0.39, 0.29) is 47.0 Å². The molecule has 0 aromatic heterocycles. The van der Waals surface area contributed by atoms with Gasteiger partial charge in [-0.05, 0) is 46.6 Å². The van der Waals surface area contributed by atoms with E-state index in [1.807, 2.05) is 12.1 Å². The van der Waals surface area contributed by atoms with E-state index in [9.17, 15) is 19.8 Å². The highest BCUT2D eigenvalue weighted by atomic mass is 16.3. The van der Waals surface area contributed by atoms with Crippen LogP contribution in [0.5, 0.6) is 5.75 Å². The second kappa shape index (κ2) is 5.61. The third-order valence-corrected chi connectivity index (χ3v) is 6.04. The Morgan fingerprint density at radius 1 is 0.786 bits per heavy atom. The molecule has 6 nitrogen and oxygen atoms in total.